The number of nitro benzene ring substituents is 1. The fourth-order valence-corrected chi connectivity index (χ4v) is 2.39. The molecule has 0 radical (unpaired) electrons. The summed E-state index contributed by atoms with van der Waals surface area (Å²) in [5.74, 6) is -0.256. The number of nitrogens with one attached hydrogen (secondary N) is 1. The van der Waals surface area contributed by atoms with Crippen molar-refractivity contribution in [3.8, 4) is 5.75 Å². The van der Waals surface area contributed by atoms with Crippen molar-refractivity contribution in [3.63, 3.8) is 0 Å². The van der Waals surface area contributed by atoms with Crippen molar-refractivity contribution in [1.29, 1.82) is 0 Å². The normalized spacial score (nSPS) is 11.5. The van der Waals surface area contributed by atoms with E-state index in [1.165, 1.54) is 12.1 Å². The lowest BCUT2D eigenvalue weighted by atomic mass is 10.2. The van der Waals surface area contributed by atoms with Gasteiger partial charge in [-0.1, -0.05) is 18.2 Å². The van der Waals surface area contributed by atoms with Crippen molar-refractivity contribution < 1.29 is 18.4 Å². The van der Waals surface area contributed by atoms with Crippen LogP contribution in [0.5, 0.6) is 5.75 Å². The predicted molar refractivity (Wildman–Crippen MR) is 79.1 cm³/mol. The van der Waals surface area contributed by atoms with Crippen LogP contribution in [0.2, 0.25) is 0 Å². The molecule has 2 N–H and O–H groups in total. The van der Waals surface area contributed by atoms with Crippen molar-refractivity contribution >= 4 is 21.9 Å². The zero-order valence-electron chi connectivity index (χ0n) is 11.1. The Labute approximate surface area is 125 Å². The Kier molecular flexibility index (Phi) is 4.37. The summed E-state index contributed by atoms with van der Waals surface area (Å²) >= 11 is 0. The molecule has 0 saturated carbocycles. The molecule has 9 heteroatoms. The molecule has 0 heterocycles. The highest BCUT2D eigenvalue weighted by Crippen LogP contribution is 2.21. The Morgan fingerprint density at radius 2 is 1.86 bits per heavy atom. The third-order valence-electron chi connectivity index (χ3n) is 2.65. The van der Waals surface area contributed by atoms with Gasteiger partial charge in [-0.05, 0) is 18.2 Å². The molecule has 0 fully saturated rings. The first-order valence-corrected chi connectivity index (χ1v) is 7.46. The minimum Gasteiger partial charge on any atom is -0.507 e. The fraction of sp³-hybridized carbons (Fsp3) is 0. The van der Waals surface area contributed by atoms with Crippen molar-refractivity contribution in [2.24, 2.45) is 5.10 Å². The molecule has 22 heavy (non-hydrogen) atoms. The molecule has 0 amide bonds. The van der Waals surface area contributed by atoms with Crippen LogP contribution in [-0.2, 0) is 10.0 Å². The van der Waals surface area contributed by atoms with E-state index in [4.69, 9.17) is 0 Å². The smallest absolute Gasteiger partial charge is 0.276 e. The lowest BCUT2D eigenvalue weighted by Gasteiger charge is -2.03. The maximum absolute atomic E-state index is 11.9. The van der Waals surface area contributed by atoms with Crippen LogP contribution < -0.4 is 4.83 Å². The van der Waals surface area contributed by atoms with E-state index in [1.807, 2.05) is 4.83 Å². The van der Waals surface area contributed by atoms with E-state index in [1.54, 1.807) is 18.2 Å². The van der Waals surface area contributed by atoms with Gasteiger partial charge in [-0.25, -0.2) is 4.83 Å². The Hall–Kier alpha value is -2.94. The number of sulfonamides is 1. The Morgan fingerprint density at radius 1 is 1.18 bits per heavy atom. The van der Waals surface area contributed by atoms with Crippen LogP contribution in [0.1, 0.15) is 5.56 Å². The van der Waals surface area contributed by atoms with Crippen molar-refractivity contribution in [3.05, 3.63) is 64.2 Å². The predicted octanol–water partition coefficient (Wildman–Crippen LogP) is 1.61. The molecule has 0 atom stereocenters. The van der Waals surface area contributed by atoms with Gasteiger partial charge in [0.25, 0.3) is 15.7 Å². The number of hydrogen-bond acceptors (Lipinski definition) is 6. The minimum atomic E-state index is -3.83. The Balaban J connectivity index is 2.20. The molecular formula is C13H11N3O5S. The molecule has 0 bridgehead atoms. The summed E-state index contributed by atoms with van der Waals surface area (Å²) in [7, 11) is -3.83. The average Bonchev–Trinajstić information content (AvgIpc) is 2.49. The molecular weight excluding hydrogens is 310 g/mol. The molecule has 2 rings (SSSR count). The maximum atomic E-state index is 11.9. The van der Waals surface area contributed by atoms with Gasteiger partial charge in [-0.15, -0.1) is 0 Å². The summed E-state index contributed by atoms with van der Waals surface area (Å²) in [6.45, 7) is 0. The molecule has 0 aliphatic rings. The number of hydrazone groups is 1. The molecule has 0 aromatic heterocycles. The van der Waals surface area contributed by atoms with Crippen LogP contribution in [0.15, 0.2) is 58.5 Å². The topological polar surface area (TPSA) is 122 Å². The number of nitro groups is 1. The van der Waals surface area contributed by atoms with Crippen LogP contribution in [0.4, 0.5) is 5.69 Å². The minimum absolute atomic E-state index is 0.0185. The average molecular weight is 321 g/mol. The van der Waals surface area contributed by atoms with Crippen LogP contribution in [-0.4, -0.2) is 24.7 Å². The quantitative estimate of drug-likeness (QED) is 0.492. The van der Waals surface area contributed by atoms with E-state index < -0.39 is 14.9 Å². The van der Waals surface area contributed by atoms with Gasteiger partial charge in [0.2, 0.25) is 0 Å². The van der Waals surface area contributed by atoms with Gasteiger partial charge >= 0.3 is 0 Å². The van der Waals surface area contributed by atoms with Crippen LogP contribution in [0.3, 0.4) is 0 Å². The number of nitrogens with zero attached hydrogens (tertiary/aromatic N) is 2. The number of phenolic OH excluding ortho intramolecular Hbond substituents is 1. The van der Waals surface area contributed by atoms with Gasteiger partial charge in [0.15, 0.2) is 0 Å². The zero-order valence-corrected chi connectivity index (χ0v) is 11.9. The first-order valence-electron chi connectivity index (χ1n) is 5.97. The van der Waals surface area contributed by atoms with Gasteiger partial charge in [0.05, 0.1) is 16.0 Å². The first kappa shape index (κ1) is 15.4. The highest BCUT2D eigenvalue weighted by atomic mass is 32.2. The second-order valence-corrected chi connectivity index (χ2v) is 5.83. The van der Waals surface area contributed by atoms with Crippen LogP contribution >= 0.6 is 0 Å². The third-order valence-corrected chi connectivity index (χ3v) is 3.89. The van der Waals surface area contributed by atoms with Gasteiger partial charge in [0, 0.05) is 17.7 Å². The maximum Gasteiger partial charge on any atom is 0.276 e. The summed E-state index contributed by atoms with van der Waals surface area (Å²) in [5, 5.41) is 23.7. The third kappa shape index (κ3) is 3.58. The van der Waals surface area contributed by atoms with E-state index in [0.717, 1.165) is 24.4 Å². The highest BCUT2D eigenvalue weighted by Gasteiger charge is 2.12. The molecule has 0 unspecified atom stereocenters. The Bertz CT molecular complexity index is 819. The summed E-state index contributed by atoms with van der Waals surface area (Å²) < 4.78 is 23.8. The summed E-state index contributed by atoms with van der Waals surface area (Å²) in [6.07, 6.45) is 0.989. The summed E-state index contributed by atoms with van der Waals surface area (Å²) in [4.78, 5) is 12.0. The number of phenols is 1. The number of benzene rings is 2. The lowest BCUT2D eigenvalue weighted by Crippen LogP contribution is -2.18. The van der Waals surface area contributed by atoms with Gasteiger partial charge in [-0.3, -0.25) is 10.1 Å². The SMILES string of the molecule is O=[N+]([O-])c1ccc(O)c(/C=N/NS(=O)(=O)c2ccccc2)c1. The fourth-order valence-electron chi connectivity index (χ4n) is 1.58. The summed E-state index contributed by atoms with van der Waals surface area (Å²) in [6, 6.07) is 10.9. The molecule has 2 aromatic carbocycles. The van der Waals surface area contributed by atoms with Crippen molar-refractivity contribution in [2.45, 2.75) is 4.90 Å². The Morgan fingerprint density at radius 3 is 2.50 bits per heavy atom. The van der Waals surface area contributed by atoms with Crippen molar-refractivity contribution in [1.82, 2.24) is 4.83 Å². The molecule has 0 spiro atoms. The monoisotopic (exact) mass is 321 g/mol. The number of rotatable bonds is 5. The molecule has 8 nitrogen and oxygen atoms in total. The molecule has 0 aliphatic heterocycles. The molecule has 114 valence electrons. The van der Waals surface area contributed by atoms with Crippen LogP contribution in [0, 0.1) is 10.1 Å². The van der Waals surface area contributed by atoms with Crippen LogP contribution in [0.25, 0.3) is 0 Å². The summed E-state index contributed by atoms with van der Waals surface area (Å²) in [5.41, 5.74) is -0.227. The standard InChI is InChI=1S/C13H11N3O5S/c17-13-7-6-11(16(18)19)8-10(13)9-14-15-22(20,21)12-4-2-1-3-5-12/h1-9,15,17H/b14-9+. The van der Waals surface area contributed by atoms with E-state index >= 15 is 0 Å². The second kappa shape index (κ2) is 6.22. The number of aromatic hydroxyl groups is 1. The van der Waals surface area contributed by atoms with E-state index in [0.29, 0.717) is 0 Å². The molecule has 2 aromatic rings. The molecule has 0 saturated heterocycles. The molecule has 0 aliphatic carbocycles. The second-order valence-electron chi connectivity index (χ2n) is 4.17. The highest BCUT2D eigenvalue weighted by molar-refractivity contribution is 7.89. The van der Waals surface area contributed by atoms with Gasteiger partial charge in [-0.2, -0.15) is 13.5 Å². The first-order chi connectivity index (χ1) is 10.4. The lowest BCUT2D eigenvalue weighted by molar-refractivity contribution is -0.384. The van der Waals surface area contributed by atoms with E-state index in [9.17, 15) is 23.6 Å². The zero-order chi connectivity index (χ0) is 16.2. The van der Waals surface area contributed by atoms with E-state index in [2.05, 4.69) is 5.10 Å². The van der Waals surface area contributed by atoms with Gasteiger partial charge in [0.1, 0.15) is 5.75 Å². The number of non-ortho nitro benzene ring substituents is 1. The van der Waals surface area contributed by atoms with Gasteiger partial charge < -0.3 is 5.11 Å². The largest absolute Gasteiger partial charge is 0.507 e. The van der Waals surface area contributed by atoms with Crippen molar-refractivity contribution in [2.75, 3.05) is 0 Å². The van der Waals surface area contributed by atoms with E-state index in [-0.39, 0.29) is 21.9 Å². The number of hydrogen-bond donors (Lipinski definition) is 2.